The largest absolute Gasteiger partial charge is 0.370 e. The van der Waals surface area contributed by atoms with E-state index in [0.29, 0.717) is 6.04 Å². The third kappa shape index (κ3) is 3.57. The molecule has 0 unspecified atom stereocenters. The van der Waals surface area contributed by atoms with Crippen LogP contribution >= 0.6 is 0 Å². The predicted molar refractivity (Wildman–Crippen MR) is 96.4 cm³/mol. The van der Waals surface area contributed by atoms with Crippen molar-refractivity contribution in [3.8, 4) is 6.07 Å². The number of aromatic nitrogens is 2. The lowest BCUT2D eigenvalue weighted by Crippen LogP contribution is -2.39. The van der Waals surface area contributed by atoms with Crippen LogP contribution < -0.4 is 15.1 Å². The molecule has 0 saturated carbocycles. The normalized spacial score (nSPS) is 15.0. The molecular weight excluding hydrogens is 300 g/mol. The summed E-state index contributed by atoms with van der Waals surface area (Å²) in [6.07, 6.45) is 3.62. The van der Waals surface area contributed by atoms with E-state index in [9.17, 15) is 5.26 Å². The van der Waals surface area contributed by atoms with Gasteiger partial charge in [-0.1, -0.05) is 12.1 Å². The average Bonchev–Trinajstić information content (AvgIpc) is 2.62. The van der Waals surface area contributed by atoms with Gasteiger partial charge in [0.05, 0.1) is 11.3 Å². The lowest BCUT2D eigenvalue weighted by Gasteiger charge is -2.34. The molecule has 2 heterocycles. The minimum atomic E-state index is 0.389. The fourth-order valence-electron chi connectivity index (χ4n) is 2.99. The minimum Gasteiger partial charge on any atom is -0.370 e. The topological polar surface area (TPSA) is 68.1 Å². The smallest absolute Gasteiger partial charge is 0.133 e. The van der Waals surface area contributed by atoms with Crippen molar-refractivity contribution in [2.45, 2.75) is 18.9 Å². The molecule has 6 heteroatoms. The molecular formula is C18H22N6. The van der Waals surface area contributed by atoms with E-state index < -0.39 is 0 Å². The number of hydrogen-bond acceptors (Lipinski definition) is 6. The number of hydrogen-bond donors (Lipinski definition) is 1. The Morgan fingerprint density at radius 2 is 1.96 bits per heavy atom. The first kappa shape index (κ1) is 16.1. The van der Waals surface area contributed by atoms with Gasteiger partial charge in [-0.15, -0.1) is 0 Å². The Bertz CT molecular complexity index is 728. The molecule has 0 aliphatic carbocycles. The van der Waals surface area contributed by atoms with Gasteiger partial charge in [0.15, 0.2) is 0 Å². The molecule has 1 N–H and O–H groups in total. The molecule has 0 bridgehead atoms. The van der Waals surface area contributed by atoms with Gasteiger partial charge in [-0.25, -0.2) is 9.97 Å². The predicted octanol–water partition coefficient (Wildman–Crippen LogP) is 2.50. The third-order valence-corrected chi connectivity index (χ3v) is 4.32. The lowest BCUT2D eigenvalue weighted by molar-refractivity contribution is 0.525. The summed E-state index contributed by atoms with van der Waals surface area (Å²) in [6, 6.07) is 12.4. The van der Waals surface area contributed by atoms with Gasteiger partial charge in [0.25, 0.3) is 0 Å². The molecule has 1 fully saturated rings. The zero-order chi connectivity index (χ0) is 16.9. The highest BCUT2D eigenvalue weighted by Crippen LogP contribution is 2.25. The van der Waals surface area contributed by atoms with Crippen molar-refractivity contribution >= 4 is 17.3 Å². The molecule has 2 aromatic rings. The van der Waals surface area contributed by atoms with Crippen LogP contribution in [0.2, 0.25) is 0 Å². The summed E-state index contributed by atoms with van der Waals surface area (Å²) >= 11 is 0. The molecule has 6 nitrogen and oxygen atoms in total. The maximum absolute atomic E-state index is 9.26. The fraction of sp³-hybridized carbons (Fsp3) is 0.389. The van der Waals surface area contributed by atoms with Crippen LogP contribution in [0.15, 0.2) is 36.7 Å². The van der Waals surface area contributed by atoms with Gasteiger partial charge < -0.3 is 15.1 Å². The Balaban J connectivity index is 1.61. The molecule has 0 spiro atoms. The van der Waals surface area contributed by atoms with Gasteiger partial charge in [0.2, 0.25) is 0 Å². The van der Waals surface area contributed by atoms with Gasteiger partial charge in [0.1, 0.15) is 24.0 Å². The second kappa shape index (κ2) is 7.18. The number of para-hydroxylation sites is 1. The highest BCUT2D eigenvalue weighted by molar-refractivity contribution is 5.59. The number of anilines is 3. The van der Waals surface area contributed by atoms with Gasteiger partial charge >= 0.3 is 0 Å². The van der Waals surface area contributed by atoms with Crippen LogP contribution in [0.25, 0.3) is 0 Å². The summed E-state index contributed by atoms with van der Waals surface area (Å²) in [5.41, 5.74) is 1.78. The van der Waals surface area contributed by atoms with Crippen LogP contribution in [-0.4, -0.2) is 43.2 Å². The van der Waals surface area contributed by atoms with E-state index in [1.165, 1.54) is 0 Å². The summed E-state index contributed by atoms with van der Waals surface area (Å²) in [5.74, 6) is 1.76. The zero-order valence-corrected chi connectivity index (χ0v) is 14.1. The van der Waals surface area contributed by atoms with Crippen LogP contribution in [0.4, 0.5) is 17.3 Å². The van der Waals surface area contributed by atoms with Gasteiger partial charge in [-0.05, 0) is 25.0 Å². The number of benzene rings is 1. The molecule has 1 aromatic carbocycles. The molecule has 0 atom stereocenters. The second-order valence-corrected chi connectivity index (χ2v) is 6.19. The molecule has 1 saturated heterocycles. The Labute approximate surface area is 142 Å². The Hall–Kier alpha value is -2.81. The van der Waals surface area contributed by atoms with Gasteiger partial charge in [0, 0.05) is 39.3 Å². The number of piperidine rings is 1. The summed E-state index contributed by atoms with van der Waals surface area (Å²) in [6.45, 7) is 1.87. The lowest BCUT2D eigenvalue weighted by atomic mass is 10.0. The molecule has 24 heavy (non-hydrogen) atoms. The van der Waals surface area contributed by atoms with E-state index in [1.54, 1.807) is 6.33 Å². The first-order valence-corrected chi connectivity index (χ1v) is 8.17. The first-order valence-electron chi connectivity index (χ1n) is 8.17. The van der Waals surface area contributed by atoms with E-state index in [4.69, 9.17) is 0 Å². The average molecular weight is 322 g/mol. The quantitative estimate of drug-likeness (QED) is 0.933. The second-order valence-electron chi connectivity index (χ2n) is 6.19. The van der Waals surface area contributed by atoms with Crippen molar-refractivity contribution in [3.63, 3.8) is 0 Å². The van der Waals surface area contributed by atoms with Gasteiger partial charge in [-0.3, -0.25) is 0 Å². The molecule has 1 aromatic heterocycles. The highest BCUT2D eigenvalue weighted by atomic mass is 15.2. The zero-order valence-electron chi connectivity index (χ0n) is 14.1. The third-order valence-electron chi connectivity index (χ3n) is 4.32. The van der Waals surface area contributed by atoms with Crippen molar-refractivity contribution in [1.29, 1.82) is 5.26 Å². The number of rotatable bonds is 4. The summed E-state index contributed by atoms with van der Waals surface area (Å²) < 4.78 is 0. The van der Waals surface area contributed by atoms with Crippen LogP contribution in [-0.2, 0) is 0 Å². The van der Waals surface area contributed by atoms with Crippen LogP contribution in [0.3, 0.4) is 0 Å². The fourth-order valence-corrected chi connectivity index (χ4v) is 2.99. The van der Waals surface area contributed by atoms with E-state index >= 15 is 0 Å². The van der Waals surface area contributed by atoms with E-state index in [0.717, 1.165) is 48.8 Å². The van der Waals surface area contributed by atoms with E-state index in [-0.39, 0.29) is 0 Å². The molecule has 3 rings (SSSR count). The van der Waals surface area contributed by atoms with Crippen molar-refractivity contribution in [2.24, 2.45) is 0 Å². The minimum absolute atomic E-state index is 0.389. The Morgan fingerprint density at radius 1 is 1.21 bits per heavy atom. The monoisotopic (exact) mass is 322 g/mol. The number of nitriles is 1. The van der Waals surface area contributed by atoms with E-state index in [1.807, 2.05) is 49.3 Å². The summed E-state index contributed by atoms with van der Waals surface area (Å²) in [7, 11) is 3.94. The van der Waals surface area contributed by atoms with Crippen LogP contribution in [0.1, 0.15) is 18.4 Å². The molecule has 1 aliphatic rings. The number of nitrogens with one attached hydrogen (secondary N) is 1. The first-order chi connectivity index (χ1) is 11.7. The molecule has 0 amide bonds. The van der Waals surface area contributed by atoms with Crippen molar-refractivity contribution in [2.75, 3.05) is 42.3 Å². The van der Waals surface area contributed by atoms with Crippen molar-refractivity contribution in [3.05, 3.63) is 42.2 Å². The molecule has 0 radical (unpaired) electrons. The Kier molecular flexibility index (Phi) is 4.80. The summed E-state index contributed by atoms with van der Waals surface area (Å²) in [4.78, 5) is 12.8. The number of nitrogens with zero attached hydrogens (tertiary/aromatic N) is 5. The maximum atomic E-state index is 9.26. The SMILES string of the molecule is CN(C)c1cc(NC2CCN(c3ccccc3C#N)CC2)ncn1. The summed E-state index contributed by atoms with van der Waals surface area (Å²) in [5, 5.41) is 12.8. The highest BCUT2D eigenvalue weighted by Gasteiger charge is 2.21. The van der Waals surface area contributed by atoms with Crippen LogP contribution in [0, 0.1) is 11.3 Å². The Morgan fingerprint density at radius 3 is 2.67 bits per heavy atom. The standard InChI is InChI=1S/C18H22N6/c1-23(2)18-11-17(20-13-21-18)22-15-7-9-24(10-8-15)16-6-4-3-5-14(16)12-19/h3-6,11,13,15H,7-10H2,1-2H3,(H,20,21,22). The maximum Gasteiger partial charge on any atom is 0.133 e. The molecule has 1 aliphatic heterocycles. The molecule has 124 valence electrons. The van der Waals surface area contributed by atoms with Crippen LogP contribution in [0.5, 0.6) is 0 Å². The van der Waals surface area contributed by atoms with Crippen molar-refractivity contribution in [1.82, 2.24) is 9.97 Å². The van der Waals surface area contributed by atoms with Crippen molar-refractivity contribution < 1.29 is 0 Å². The van der Waals surface area contributed by atoms with Gasteiger partial charge in [-0.2, -0.15) is 5.26 Å². The van der Waals surface area contributed by atoms with E-state index in [2.05, 4.69) is 26.3 Å².